The normalized spacial score (nSPS) is 12.1. The average molecular weight is 302 g/mol. The minimum absolute atomic E-state index is 0.271. The molecule has 1 aromatic carbocycles. The van der Waals surface area contributed by atoms with Crippen LogP contribution in [0.25, 0.3) is 0 Å². The van der Waals surface area contributed by atoms with Crippen LogP contribution in [0.3, 0.4) is 0 Å². The Morgan fingerprint density at radius 3 is 1.75 bits per heavy atom. The Hall–Kier alpha value is -1.93. The third-order valence-electron chi connectivity index (χ3n) is 2.05. The molecule has 0 saturated heterocycles. The molecule has 0 aliphatic heterocycles. The van der Waals surface area contributed by atoms with Gasteiger partial charge in [0.05, 0.1) is 0 Å². The molecule has 0 amide bonds. The molecule has 3 nitrogen and oxygen atoms in total. The zero-order valence-corrected chi connectivity index (χ0v) is 9.72. The molecular weight excluding hydrogens is 294 g/mol. The molecule has 0 heterocycles. The van der Waals surface area contributed by atoms with Gasteiger partial charge in [-0.25, -0.2) is 0 Å². The van der Waals surface area contributed by atoms with Crippen LogP contribution in [0.15, 0.2) is 18.2 Å². The van der Waals surface area contributed by atoms with Gasteiger partial charge in [-0.3, -0.25) is 0 Å². The van der Waals surface area contributed by atoms with Crippen molar-refractivity contribution < 1.29 is 40.6 Å². The van der Waals surface area contributed by atoms with E-state index < -0.39 is 29.8 Å². The second kappa shape index (κ2) is 6.02. The largest absolute Gasteiger partial charge is 0.573 e. The molecule has 0 aliphatic rings. The Morgan fingerprint density at radius 1 is 0.950 bits per heavy atom. The predicted octanol–water partition coefficient (Wildman–Crippen LogP) is 3.62. The van der Waals surface area contributed by atoms with E-state index >= 15 is 0 Å². The number of benzene rings is 1. The lowest BCUT2D eigenvalue weighted by Crippen LogP contribution is -2.21. The van der Waals surface area contributed by atoms with Gasteiger partial charge in [-0.15, -0.1) is 26.3 Å². The van der Waals surface area contributed by atoms with Crippen LogP contribution >= 0.6 is 0 Å². The first kappa shape index (κ1) is 16.1. The minimum Gasteiger partial charge on any atom is -0.405 e. The highest BCUT2D eigenvalue weighted by molar-refractivity contribution is 5.53. The maximum Gasteiger partial charge on any atom is 0.573 e. The minimum atomic E-state index is -5.06. The molecule has 0 radical (unpaired) electrons. The van der Waals surface area contributed by atoms with Gasteiger partial charge in [0.15, 0.2) is 0 Å². The van der Waals surface area contributed by atoms with Gasteiger partial charge in [-0.05, 0) is 18.6 Å². The highest BCUT2D eigenvalue weighted by atomic mass is 19.4. The van der Waals surface area contributed by atoms with Crippen molar-refractivity contribution in [2.24, 2.45) is 0 Å². The quantitative estimate of drug-likeness (QED) is 0.615. The molecule has 0 bridgehead atoms. The Kier molecular flexibility index (Phi) is 4.85. The molecule has 1 aromatic rings. The topological polar surface area (TPSA) is 35.5 Å². The molecular formula is C11H8F6O3. The van der Waals surface area contributed by atoms with E-state index in [0.29, 0.717) is 6.29 Å². The number of ether oxygens (including phenoxy) is 2. The van der Waals surface area contributed by atoms with Crippen LogP contribution in [0.5, 0.6) is 11.5 Å². The summed E-state index contributed by atoms with van der Waals surface area (Å²) in [7, 11) is 0. The van der Waals surface area contributed by atoms with Crippen molar-refractivity contribution in [3.05, 3.63) is 23.8 Å². The van der Waals surface area contributed by atoms with Crippen molar-refractivity contribution in [1.82, 2.24) is 0 Å². The number of halogens is 6. The monoisotopic (exact) mass is 302 g/mol. The molecule has 112 valence electrons. The van der Waals surface area contributed by atoms with Gasteiger partial charge >= 0.3 is 12.7 Å². The van der Waals surface area contributed by atoms with Crippen LogP contribution in [-0.4, -0.2) is 19.0 Å². The number of alkyl halides is 6. The summed E-state index contributed by atoms with van der Waals surface area (Å²) < 4.78 is 80.2. The molecule has 0 saturated carbocycles. The van der Waals surface area contributed by atoms with Crippen LogP contribution < -0.4 is 9.47 Å². The Bertz CT molecular complexity index is 432. The van der Waals surface area contributed by atoms with E-state index in [1.807, 2.05) is 0 Å². The predicted molar refractivity (Wildman–Crippen MR) is 54.2 cm³/mol. The molecule has 0 aliphatic carbocycles. The third-order valence-corrected chi connectivity index (χ3v) is 2.05. The standard InChI is InChI=1S/C11H8F6O3/c12-10(13,14)19-8-4-1-5-9(20-11(15,16)17)7(8)3-2-6-18/h1,4-6H,2-3H2. The van der Waals surface area contributed by atoms with E-state index in [2.05, 4.69) is 9.47 Å². The number of rotatable bonds is 5. The highest BCUT2D eigenvalue weighted by Crippen LogP contribution is 2.35. The zero-order valence-electron chi connectivity index (χ0n) is 9.72. The fraction of sp³-hybridized carbons (Fsp3) is 0.364. The van der Waals surface area contributed by atoms with E-state index in [1.54, 1.807) is 0 Å². The van der Waals surface area contributed by atoms with E-state index in [4.69, 9.17) is 0 Å². The third kappa shape index (κ3) is 5.37. The molecule has 0 spiro atoms. The lowest BCUT2D eigenvalue weighted by Gasteiger charge is -2.17. The number of carbonyl (C=O) groups excluding carboxylic acids is 1. The molecule has 9 heteroatoms. The van der Waals surface area contributed by atoms with Gasteiger partial charge in [-0.1, -0.05) is 6.07 Å². The number of hydrogen-bond donors (Lipinski definition) is 0. The fourth-order valence-corrected chi connectivity index (χ4v) is 1.44. The number of hydrogen-bond acceptors (Lipinski definition) is 3. The first-order valence-corrected chi connectivity index (χ1v) is 5.19. The summed E-state index contributed by atoms with van der Waals surface area (Å²) in [6.07, 6.45) is -10.4. The van der Waals surface area contributed by atoms with E-state index in [1.165, 1.54) is 0 Å². The molecule has 0 aromatic heterocycles. The summed E-state index contributed by atoms with van der Waals surface area (Å²) in [4.78, 5) is 10.2. The van der Waals surface area contributed by atoms with Gasteiger partial charge < -0.3 is 14.3 Å². The lowest BCUT2D eigenvalue weighted by atomic mass is 10.1. The molecule has 0 fully saturated rings. The van der Waals surface area contributed by atoms with Crippen LogP contribution in [-0.2, 0) is 11.2 Å². The summed E-state index contributed by atoms with van der Waals surface area (Å²) in [6, 6.07) is 2.61. The first-order chi connectivity index (χ1) is 9.12. The molecule has 1 rings (SSSR count). The van der Waals surface area contributed by atoms with Gasteiger partial charge in [-0.2, -0.15) is 0 Å². The maximum atomic E-state index is 12.2. The maximum absolute atomic E-state index is 12.2. The second-order valence-corrected chi connectivity index (χ2v) is 3.53. The van der Waals surface area contributed by atoms with Crippen molar-refractivity contribution in [1.29, 1.82) is 0 Å². The van der Waals surface area contributed by atoms with Gasteiger partial charge in [0, 0.05) is 12.0 Å². The van der Waals surface area contributed by atoms with Crippen molar-refractivity contribution in [3.8, 4) is 11.5 Å². The SMILES string of the molecule is O=CCCc1c(OC(F)(F)F)cccc1OC(F)(F)F. The lowest BCUT2D eigenvalue weighted by molar-refractivity contribution is -0.277. The van der Waals surface area contributed by atoms with Crippen LogP contribution in [0, 0.1) is 0 Å². The number of carbonyl (C=O) groups is 1. The van der Waals surface area contributed by atoms with Crippen molar-refractivity contribution in [3.63, 3.8) is 0 Å². The molecule has 0 atom stereocenters. The summed E-state index contributed by atoms with van der Waals surface area (Å²) in [5.74, 6) is -1.66. The van der Waals surface area contributed by atoms with Crippen LogP contribution in [0.1, 0.15) is 12.0 Å². The summed E-state index contributed by atoms with van der Waals surface area (Å²) in [5, 5.41) is 0. The van der Waals surface area contributed by atoms with E-state index in [-0.39, 0.29) is 12.8 Å². The van der Waals surface area contributed by atoms with Crippen molar-refractivity contribution in [2.45, 2.75) is 25.6 Å². The Balaban J connectivity index is 3.15. The van der Waals surface area contributed by atoms with Gasteiger partial charge in [0.1, 0.15) is 17.8 Å². The zero-order chi connectivity index (χ0) is 15.4. The van der Waals surface area contributed by atoms with Gasteiger partial charge in [0.2, 0.25) is 0 Å². The highest BCUT2D eigenvalue weighted by Gasteiger charge is 2.35. The van der Waals surface area contributed by atoms with Gasteiger partial charge in [0.25, 0.3) is 0 Å². The van der Waals surface area contributed by atoms with Crippen molar-refractivity contribution >= 4 is 6.29 Å². The summed E-state index contributed by atoms with van der Waals surface area (Å²) in [5.41, 5.74) is -0.478. The summed E-state index contributed by atoms with van der Waals surface area (Å²) >= 11 is 0. The van der Waals surface area contributed by atoms with Crippen LogP contribution in [0.2, 0.25) is 0 Å². The average Bonchev–Trinajstić information content (AvgIpc) is 2.24. The second-order valence-electron chi connectivity index (χ2n) is 3.53. The molecule has 0 N–H and O–H groups in total. The Morgan fingerprint density at radius 2 is 1.40 bits per heavy atom. The van der Waals surface area contributed by atoms with E-state index in [0.717, 1.165) is 18.2 Å². The first-order valence-electron chi connectivity index (χ1n) is 5.19. The molecule has 20 heavy (non-hydrogen) atoms. The Labute approximate surface area is 109 Å². The summed E-state index contributed by atoms with van der Waals surface area (Å²) in [6.45, 7) is 0. The van der Waals surface area contributed by atoms with Crippen LogP contribution in [0.4, 0.5) is 26.3 Å². The van der Waals surface area contributed by atoms with Crippen molar-refractivity contribution in [2.75, 3.05) is 0 Å². The van der Waals surface area contributed by atoms with E-state index in [9.17, 15) is 31.1 Å². The molecule has 0 unspecified atom stereocenters. The fourth-order valence-electron chi connectivity index (χ4n) is 1.44. The number of aldehydes is 1. The smallest absolute Gasteiger partial charge is 0.405 e.